The maximum Gasteiger partial charge on any atom is 0.337 e. The number of nitrogens with zero attached hydrogens (tertiary/aromatic N) is 2. The summed E-state index contributed by atoms with van der Waals surface area (Å²) in [5.74, 6) is 0.289. The molecule has 6 nitrogen and oxygen atoms in total. The predicted molar refractivity (Wildman–Crippen MR) is 89.8 cm³/mol. The Balaban J connectivity index is 1.84. The van der Waals surface area contributed by atoms with E-state index in [-0.39, 0.29) is 5.75 Å². The predicted octanol–water partition coefficient (Wildman–Crippen LogP) is 3.27. The molecule has 0 atom stereocenters. The lowest BCUT2D eigenvalue weighted by Gasteiger charge is -2.02. The minimum absolute atomic E-state index is 0.124. The largest absolute Gasteiger partial charge is 0.506 e. The number of esters is 1. The van der Waals surface area contributed by atoms with Gasteiger partial charge in [0.05, 0.1) is 23.7 Å². The molecule has 0 unspecified atom stereocenters. The number of fused-ring (bicyclic) bond motifs is 2. The van der Waals surface area contributed by atoms with E-state index in [1.807, 2.05) is 18.2 Å². The zero-order valence-corrected chi connectivity index (χ0v) is 12.8. The average molecular weight is 319 g/mol. The first-order valence-corrected chi connectivity index (χ1v) is 7.33. The van der Waals surface area contributed by atoms with Crippen LogP contribution in [0.3, 0.4) is 0 Å². The molecule has 0 saturated heterocycles. The first kappa shape index (κ1) is 14.2. The summed E-state index contributed by atoms with van der Waals surface area (Å²) in [5, 5.41) is 10.8. The molecule has 4 aromatic rings. The van der Waals surface area contributed by atoms with Crippen LogP contribution in [-0.4, -0.2) is 33.1 Å². The van der Waals surface area contributed by atoms with Crippen molar-refractivity contribution in [1.29, 1.82) is 0 Å². The van der Waals surface area contributed by atoms with Crippen LogP contribution in [0.2, 0.25) is 0 Å². The van der Waals surface area contributed by atoms with E-state index < -0.39 is 5.97 Å². The summed E-state index contributed by atoms with van der Waals surface area (Å²) in [6, 6.07) is 14.1. The number of carbonyl (C=O) groups is 1. The number of pyridine rings is 1. The summed E-state index contributed by atoms with van der Waals surface area (Å²) in [5.41, 5.74) is 3.01. The second kappa shape index (κ2) is 5.34. The zero-order chi connectivity index (χ0) is 16.7. The van der Waals surface area contributed by atoms with Gasteiger partial charge in [-0.05, 0) is 30.3 Å². The van der Waals surface area contributed by atoms with Crippen LogP contribution >= 0.6 is 0 Å². The van der Waals surface area contributed by atoms with Gasteiger partial charge in [-0.3, -0.25) is 0 Å². The van der Waals surface area contributed by atoms with Crippen molar-refractivity contribution in [2.75, 3.05) is 7.11 Å². The Bertz CT molecular complexity index is 1090. The van der Waals surface area contributed by atoms with Crippen LogP contribution in [0.15, 0.2) is 48.5 Å². The molecule has 0 spiro atoms. The van der Waals surface area contributed by atoms with Crippen molar-refractivity contribution in [2.24, 2.45) is 0 Å². The number of H-pyrrole nitrogens is 1. The molecule has 0 aliphatic heterocycles. The smallest absolute Gasteiger partial charge is 0.337 e. The van der Waals surface area contributed by atoms with E-state index in [2.05, 4.69) is 15.0 Å². The molecular formula is C18H13N3O3. The summed E-state index contributed by atoms with van der Waals surface area (Å²) in [4.78, 5) is 23.7. The zero-order valence-electron chi connectivity index (χ0n) is 12.8. The molecule has 0 aliphatic carbocycles. The van der Waals surface area contributed by atoms with Gasteiger partial charge in [-0.25, -0.2) is 14.8 Å². The monoisotopic (exact) mass is 319 g/mol. The van der Waals surface area contributed by atoms with E-state index in [1.54, 1.807) is 30.3 Å². The molecule has 0 saturated carbocycles. The van der Waals surface area contributed by atoms with Crippen LogP contribution in [0.4, 0.5) is 0 Å². The van der Waals surface area contributed by atoms with Gasteiger partial charge in [0.15, 0.2) is 5.82 Å². The van der Waals surface area contributed by atoms with Crippen LogP contribution in [0, 0.1) is 0 Å². The van der Waals surface area contributed by atoms with Gasteiger partial charge in [-0.2, -0.15) is 0 Å². The van der Waals surface area contributed by atoms with Crippen molar-refractivity contribution >= 4 is 27.9 Å². The Hall–Kier alpha value is -3.41. The second-order valence-electron chi connectivity index (χ2n) is 5.35. The molecule has 2 aromatic carbocycles. The minimum Gasteiger partial charge on any atom is -0.506 e. The van der Waals surface area contributed by atoms with Gasteiger partial charge in [0.25, 0.3) is 0 Å². The summed E-state index contributed by atoms with van der Waals surface area (Å²) >= 11 is 0. The van der Waals surface area contributed by atoms with Gasteiger partial charge < -0.3 is 14.8 Å². The molecule has 0 bridgehead atoms. The van der Waals surface area contributed by atoms with E-state index in [9.17, 15) is 9.90 Å². The minimum atomic E-state index is -0.401. The van der Waals surface area contributed by atoms with Crippen molar-refractivity contribution in [3.63, 3.8) is 0 Å². The number of methoxy groups -OCH3 is 1. The molecule has 4 rings (SSSR count). The number of para-hydroxylation sites is 1. The first-order valence-electron chi connectivity index (χ1n) is 7.33. The number of hydrogen-bond donors (Lipinski definition) is 2. The van der Waals surface area contributed by atoms with Crippen molar-refractivity contribution < 1.29 is 14.6 Å². The van der Waals surface area contributed by atoms with Crippen LogP contribution < -0.4 is 0 Å². The fourth-order valence-electron chi connectivity index (χ4n) is 2.64. The molecule has 24 heavy (non-hydrogen) atoms. The van der Waals surface area contributed by atoms with Gasteiger partial charge >= 0.3 is 5.97 Å². The van der Waals surface area contributed by atoms with Crippen molar-refractivity contribution in [3.05, 3.63) is 54.1 Å². The number of benzene rings is 2. The summed E-state index contributed by atoms with van der Waals surface area (Å²) in [7, 11) is 1.34. The number of ether oxygens (including phenoxy) is 1. The first-order chi connectivity index (χ1) is 11.7. The number of imidazole rings is 1. The molecular weight excluding hydrogens is 306 g/mol. The Morgan fingerprint density at radius 2 is 2.00 bits per heavy atom. The number of aromatic nitrogens is 3. The van der Waals surface area contributed by atoms with Gasteiger partial charge in [0.1, 0.15) is 17.0 Å². The third kappa shape index (κ3) is 2.25. The maximum absolute atomic E-state index is 11.6. The summed E-state index contributed by atoms with van der Waals surface area (Å²) in [6.07, 6.45) is 0. The topological polar surface area (TPSA) is 88.1 Å². The van der Waals surface area contributed by atoms with Crippen LogP contribution in [0.1, 0.15) is 10.4 Å². The highest BCUT2D eigenvalue weighted by atomic mass is 16.5. The molecule has 2 heterocycles. The van der Waals surface area contributed by atoms with Crippen molar-refractivity contribution in [3.8, 4) is 17.3 Å². The van der Waals surface area contributed by atoms with E-state index in [0.717, 1.165) is 10.9 Å². The lowest BCUT2D eigenvalue weighted by molar-refractivity contribution is 0.0601. The van der Waals surface area contributed by atoms with E-state index in [1.165, 1.54) is 7.11 Å². The number of phenolic OH excluding ortho intramolecular Hbond substituents is 1. The Morgan fingerprint density at radius 1 is 1.12 bits per heavy atom. The highest BCUT2D eigenvalue weighted by molar-refractivity contribution is 5.94. The second-order valence-corrected chi connectivity index (χ2v) is 5.35. The Labute approximate surface area is 136 Å². The molecule has 0 radical (unpaired) electrons. The van der Waals surface area contributed by atoms with Crippen LogP contribution in [0.25, 0.3) is 33.5 Å². The number of carbonyl (C=O) groups excluding carboxylic acids is 1. The van der Waals surface area contributed by atoms with Gasteiger partial charge in [-0.15, -0.1) is 0 Å². The van der Waals surface area contributed by atoms with Crippen LogP contribution in [0.5, 0.6) is 5.75 Å². The molecule has 118 valence electrons. The van der Waals surface area contributed by atoms with Gasteiger partial charge in [-0.1, -0.05) is 18.2 Å². The average Bonchev–Trinajstić information content (AvgIpc) is 3.04. The summed E-state index contributed by atoms with van der Waals surface area (Å²) < 4.78 is 4.72. The van der Waals surface area contributed by atoms with Gasteiger partial charge in [0.2, 0.25) is 0 Å². The number of aromatic hydroxyl groups is 1. The number of rotatable bonds is 2. The van der Waals surface area contributed by atoms with E-state index in [4.69, 9.17) is 4.74 Å². The fraction of sp³-hybridized carbons (Fsp3) is 0.0556. The third-order valence-corrected chi connectivity index (χ3v) is 3.84. The molecule has 6 heteroatoms. The molecule has 0 amide bonds. The quantitative estimate of drug-likeness (QED) is 0.554. The number of nitrogens with one attached hydrogen (secondary N) is 1. The highest BCUT2D eigenvalue weighted by Crippen LogP contribution is 2.26. The van der Waals surface area contributed by atoms with Crippen molar-refractivity contribution in [2.45, 2.75) is 0 Å². The maximum atomic E-state index is 11.6. The Kier molecular flexibility index (Phi) is 3.16. The fourth-order valence-corrected chi connectivity index (χ4v) is 2.64. The summed E-state index contributed by atoms with van der Waals surface area (Å²) in [6.45, 7) is 0. The van der Waals surface area contributed by atoms with Crippen LogP contribution in [-0.2, 0) is 4.74 Å². The van der Waals surface area contributed by atoms with E-state index in [0.29, 0.717) is 28.1 Å². The lowest BCUT2D eigenvalue weighted by atomic mass is 10.2. The lowest BCUT2D eigenvalue weighted by Crippen LogP contribution is -2.00. The SMILES string of the molecule is COC(=O)c1ccc2nc(-c3ccc4cccc(O)c4n3)[nH]c2c1. The number of hydrogen-bond acceptors (Lipinski definition) is 5. The standard InChI is InChI=1S/C18H13N3O3/c1-24-18(23)11-6-7-12-14(9-11)21-17(20-12)13-8-5-10-3-2-4-15(22)16(10)19-13/h2-9,22H,1H3,(H,20,21). The van der Waals surface area contributed by atoms with Gasteiger partial charge in [0, 0.05) is 5.39 Å². The molecule has 2 aromatic heterocycles. The van der Waals surface area contributed by atoms with E-state index >= 15 is 0 Å². The third-order valence-electron chi connectivity index (χ3n) is 3.84. The molecule has 0 aliphatic rings. The van der Waals surface area contributed by atoms with Crippen molar-refractivity contribution in [1.82, 2.24) is 15.0 Å². The number of phenols is 1. The normalized spacial score (nSPS) is 11.0. The Morgan fingerprint density at radius 3 is 2.83 bits per heavy atom. The molecule has 2 N–H and O–H groups in total. The highest BCUT2D eigenvalue weighted by Gasteiger charge is 2.11. The molecule has 0 fully saturated rings. The number of aromatic amines is 1.